The fourth-order valence-electron chi connectivity index (χ4n) is 21.3. The van der Waals surface area contributed by atoms with Gasteiger partial charge in [-0.2, -0.15) is 0 Å². The van der Waals surface area contributed by atoms with Crippen LogP contribution in [0.2, 0.25) is 5.02 Å². The zero-order valence-corrected chi connectivity index (χ0v) is 89.3. The molecule has 4 N–H and O–H groups in total. The summed E-state index contributed by atoms with van der Waals surface area (Å²) in [7, 11) is 11.0. The molecule has 22 nitrogen and oxygen atoms in total. The summed E-state index contributed by atoms with van der Waals surface area (Å²) in [5.41, 5.74) is 26.0. The molecule has 144 heavy (non-hydrogen) atoms. The molecule has 0 aromatic heterocycles. The topological polar surface area (TPSA) is 106 Å². The number of rotatable bonds is 19. The first-order chi connectivity index (χ1) is 70.4. The number of para-hydroxylation sites is 12. The quantitative estimate of drug-likeness (QED) is 0.0616. The maximum Gasteiger partial charge on any atom is 0.125 e. The van der Waals surface area contributed by atoms with E-state index in [0.717, 1.165) is 243 Å². The lowest BCUT2D eigenvalue weighted by Crippen LogP contribution is -2.48. The SMILES string of the molecule is CCN1CCN(CCN2c3ccccc3Cc3ccc(F)cc32)CC1.CN1CCN(CCN2c3ccccc3Nc3ccc(Br)cc32)CC1.CN1CCN(CCN2c3ccccc3Nc3ccc(Cl)cc32)CC1.CN1CCN(CCN2c3ccccc3Nc3ccc(F)cc32)CC1.CN1CCN(CCN2c3ccccc3Nc3ccccc32)CC1.CN1CCN(CCN2c3ccccc3Sc3ccc(Br)cc32)CC1. The molecule has 756 valence electrons. The lowest BCUT2D eigenvalue weighted by Gasteiger charge is -2.38. The van der Waals surface area contributed by atoms with Gasteiger partial charge in [0, 0.05) is 277 Å². The summed E-state index contributed by atoms with van der Waals surface area (Å²) >= 11 is 15.4. The third-order valence-corrected chi connectivity index (χ3v) is 32.5. The van der Waals surface area contributed by atoms with Crippen molar-refractivity contribution in [3.8, 4) is 0 Å². The lowest BCUT2D eigenvalue weighted by atomic mass is 9.95. The zero-order chi connectivity index (χ0) is 98.9. The Balaban J connectivity index is 0.000000109. The van der Waals surface area contributed by atoms with Gasteiger partial charge in [0.15, 0.2) is 0 Å². The fraction of sp³-hybridized carbons (Fsp3) is 0.379. The smallest absolute Gasteiger partial charge is 0.125 e. The summed E-state index contributed by atoms with van der Waals surface area (Å²) < 4.78 is 30.0. The van der Waals surface area contributed by atoms with E-state index in [0.29, 0.717) is 0 Å². The minimum Gasteiger partial charge on any atom is -0.352 e. The first kappa shape index (κ1) is 102. The number of nitrogens with zero attached hydrogens (tertiary/aromatic N) is 18. The van der Waals surface area contributed by atoms with E-state index in [1.54, 1.807) is 18.2 Å². The van der Waals surface area contributed by atoms with Crippen LogP contribution in [0.15, 0.2) is 280 Å². The van der Waals surface area contributed by atoms with Crippen LogP contribution in [-0.2, 0) is 6.42 Å². The Labute approximate surface area is 878 Å². The maximum absolute atomic E-state index is 13.9. The van der Waals surface area contributed by atoms with Crippen molar-refractivity contribution >= 4 is 169 Å². The predicted molar refractivity (Wildman–Crippen MR) is 608 cm³/mol. The van der Waals surface area contributed by atoms with Crippen molar-refractivity contribution in [1.82, 2.24) is 58.8 Å². The highest BCUT2D eigenvalue weighted by atomic mass is 79.9. The molecule has 28 heteroatoms. The van der Waals surface area contributed by atoms with Gasteiger partial charge in [-0.1, -0.05) is 159 Å². The fourth-order valence-corrected chi connectivity index (χ4v) is 23.2. The molecule has 0 unspecified atom stereocenters. The highest BCUT2D eigenvalue weighted by molar-refractivity contribution is 9.10. The Morgan fingerprint density at radius 3 is 0.910 bits per heavy atom. The van der Waals surface area contributed by atoms with E-state index in [1.165, 1.54) is 161 Å². The summed E-state index contributed by atoms with van der Waals surface area (Å²) in [5.74, 6) is -0.348. The lowest BCUT2D eigenvalue weighted by molar-refractivity contribution is 0.140. The van der Waals surface area contributed by atoms with Gasteiger partial charge in [-0.25, -0.2) is 8.78 Å². The monoisotopic (exact) mass is 2100 g/mol. The summed E-state index contributed by atoms with van der Waals surface area (Å²) in [5, 5.41) is 14.8. The molecule has 12 aromatic carbocycles. The van der Waals surface area contributed by atoms with Crippen molar-refractivity contribution in [1.29, 1.82) is 0 Å². The van der Waals surface area contributed by atoms with E-state index in [9.17, 15) is 8.78 Å². The minimum absolute atomic E-state index is 0.153. The van der Waals surface area contributed by atoms with Crippen LogP contribution < -0.4 is 50.7 Å². The summed E-state index contributed by atoms with van der Waals surface area (Å²) in [6.07, 6.45) is 0.886. The molecule has 12 heterocycles. The largest absolute Gasteiger partial charge is 0.352 e. The molecule has 0 spiro atoms. The number of hydrogen-bond acceptors (Lipinski definition) is 23. The van der Waals surface area contributed by atoms with Crippen molar-refractivity contribution in [2.75, 3.05) is 328 Å². The predicted octanol–water partition coefficient (Wildman–Crippen LogP) is 21.9. The Kier molecular flexibility index (Phi) is 34.8. The molecule has 12 aliphatic rings. The van der Waals surface area contributed by atoms with Crippen molar-refractivity contribution in [2.24, 2.45) is 0 Å². The molecule has 12 aromatic rings. The second-order valence-corrected chi connectivity index (χ2v) is 43.1. The van der Waals surface area contributed by atoms with Crippen molar-refractivity contribution in [3.63, 3.8) is 0 Å². The third kappa shape index (κ3) is 25.7. The highest BCUT2D eigenvalue weighted by Crippen LogP contribution is 2.52. The average molecular weight is 2110 g/mol. The van der Waals surface area contributed by atoms with E-state index in [4.69, 9.17) is 11.6 Å². The van der Waals surface area contributed by atoms with Gasteiger partial charge in [-0.3, -0.25) is 29.4 Å². The van der Waals surface area contributed by atoms with E-state index < -0.39 is 0 Å². The number of likely N-dealkylation sites (N-methyl/N-ethyl adjacent to an activating group) is 6. The van der Waals surface area contributed by atoms with Gasteiger partial charge in [0.25, 0.3) is 0 Å². The van der Waals surface area contributed by atoms with Crippen LogP contribution in [-0.4, -0.2) is 336 Å². The number of piperazine rings is 6. The van der Waals surface area contributed by atoms with Gasteiger partial charge >= 0.3 is 0 Å². The number of halogens is 5. The van der Waals surface area contributed by atoms with Gasteiger partial charge in [-0.05, 0) is 217 Å². The average Bonchev–Trinajstić information content (AvgIpc) is 0.789. The summed E-state index contributed by atoms with van der Waals surface area (Å²) in [6, 6.07) is 89.1. The van der Waals surface area contributed by atoms with E-state index >= 15 is 0 Å². The van der Waals surface area contributed by atoms with Gasteiger partial charge in [0.05, 0.1) is 102 Å². The van der Waals surface area contributed by atoms with Gasteiger partial charge < -0.3 is 80.1 Å². The van der Waals surface area contributed by atoms with Crippen LogP contribution in [0.25, 0.3) is 0 Å². The van der Waals surface area contributed by atoms with Gasteiger partial charge in [-0.15, -0.1) is 0 Å². The maximum atomic E-state index is 13.9. The van der Waals surface area contributed by atoms with E-state index in [2.05, 4.69) is 390 Å². The van der Waals surface area contributed by atoms with Crippen molar-refractivity contribution in [2.45, 2.75) is 23.1 Å². The molecule has 6 fully saturated rings. The molecule has 12 aliphatic heterocycles. The van der Waals surface area contributed by atoms with Gasteiger partial charge in [0.1, 0.15) is 11.6 Å². The number of hydrogen-bond donors (Lipinski definition) is 4. The van der Waals surface area contributed by atoms with Crippen molar-refractivity contribution < 1.29 is 8.78 Å². The van der Waals surface area contributed by atoms with Crippen LogP contribution in [0.5, 0.6) is 0 Å². The Morgan fingerprint density at radius 2 is 0.507 bits per heavy atom. The Hall–Kier alpha value is -10.4. The molecule has 0 amide bonds. The number of benzene rings is 12. The third-order valence-electron chi connectivity index (χ3n) is 30.1. The highest BCUT2D eigenvalue weighted by Gasteiger charge is 2.33. The Bertz CT molecular complexity index is 5710. The van der Waals surface area contributed by atoms with Gasteiger partial charge in [0.2, 0.25) is 0 Å². The van der Waals surface area contributed by atoms with Crippen LogP contribution >= 0.6 is 55.2 Å². The van der Waals surface area contributed by atoms with Crippen LogP contribution in [0.3, 0.4) is 0 Å². The molecule has 6 saturated heterocycles. The number of nitrogens with one attached hydrogen (secondary N) is 4. The second-order valence-electron chi connectivity index (χ2n) is 39.7. The summed E-state index contributed by atoms with van der Waals surface area (Å²) in [6.45, 7) is 43.2. The first-order valence-electron chi connectivity index (χ1n) is 51.9. The van der Waals surface area contributed by atoms with Crippen LogP contribution in [0, 0.1) is 11.6 Å². The summed E-state index contributed by atoms with van der Waals surface area (Å²) in [4.78, 5) is 46.8. The molecule has 0 aliphatic carbocycles. The number of anilines is 20. The first-order valence-corrected chi connectivity index (χ1v) is 54.6. The van der Waals surface area contributed by atoms with E-state index in [-0.39, 0.29) is 11.6 Å². The molecular formula is C116H141Br2ClF2N22S. The molecule has 24 rings (SSSR count). The Morgan fingerprint density at radius 1 is 0.243 bits per heavy atom. The standard InChI is InChI=1S/C21H26FN3.C19H23BrN4.C19H22BrN3S.C19H23ClN4.C19H23FN4.C19H24N4/c1-2-23-9-11-24(12-10-23)13-14-25-20-6-4-3-5-17(20)15-18-7-8-19(22)16-21(18)25;1-22-8-10-23(11-9-22)12-13-24-18-5-3-2-4-16(18)21-17-7-6-15(20)14-19(17)24;1-21-8-10-22(11-9-21)12-13-23-16-4-2-3-5-18(16)24-19-7-6-15(20)14-17(19)23;2*1-22-8-10-23(11-9-22)12-13-24-18-5-3-2-4-16(18)21-17-7-6-15(20)14-19(17)24;1-21-10-12-22(13-11-21)14-15-23-18-8-4-2-6-16(18)20-17-7-3-5-9-19(17)23/h3-8,16H,2,9-15H2,1H3;2-7,14,21H,8-13H2,1H3;2-7,14H,8-13H2,1H3;2*2-7,14,21H,8-13H2,1H3;2-9,20H,10-15H2,1H3. The molecular weight excluding hydrogens is 1970 g/mol. The molecule has 0 saturated carbocycles. The number of fused-ring (bicyclic) bond motifs is 12. The van der Waals surface area contributed by atoms with Crippen molar-refractivity contribution in [3.05, 3.63) is 298 Å². The molecule has 0 radical (unpaired) electrons. The van der Waals surface area contributed by atoms with E-state index in [1.807, 2.05) is 42.1 Å². The molecule has 0 atom stereocenters. The second kappa shape index (κ2) is 49.0. The zero-order valence-electron chi connectivity index (χ0n) is 84.5. The minimum atomic E-state index is -0.195. The van der Waals surface area contributed by atoms with Crippen LogP contribution in [0.1, 0.15) is 18.1 Å². The van der Waals surface area contributed by atoms with Crippen LogP contribution in [0.4, 0.5) is 123 Å². The normalized spacial score (nSPS) is 18.1. The molecule has 0 bridgehead atoms.